The quantitative estimate of drug-likeness (QED) is 0.695. The zero-order chi connectivity index (χ0) is 14.8. The fraction of sp³-hybridized carbons (Fsp3) is 0.0625. The molecule has 3 nitrogen and oxygen atoms in total. The van der Waals surface area contributed by atoms with E-state index in [1.807, 2.05) is 36.4 Å². The highest BCUT2D eigenvalue weighted by molar-refractivity contribution is 7.93. The van der Waals surface area contributed by atoms with Crippen LogP contribution in [-0.2, 0) is 21.7 Å². The van der Waals surface area contributed by atoms with E-state index in [-0.39, 0.29) is 5.91 Å². The zero-order valence-corrected chi connectivity index (χ0v) is 12.6. The van der Waals surface area contributed by atoms with Gasteiger partial charge in [0.2, 0.25) is 0 Å². The maximum atomic E-state index is 12.2. The molecule has 0 aliphatic carbocycles. The van der Waals surface area contributed by atoms with Crippen molar-refractivity contribution in [2.45, 2.75) is 5.75 Å². The highest BCUT2D eigenvalue weighted by atomic mass is 35.5. The maximum absolute atomic E-state index is 12.2. The number of hydrogen-bond acceptors (Lipinski definition) is 2. The minimum atomic E-state index is -1.28. The normalized spacial score (nSPS) is 16.7. The van der Waals surface area contributed by atoms with E-state index < -0.39 is 11.2 Å². The Morgan fingerprint density at radius 2 is 2.00 bits per heavy atom. The molecule has 2 aromatic carbocycles. The largest absolute Gasteiger partial charge is 0.612 e. The summed E-state index contributed by atoms with van der Waals surface area (Å²) >= 11 is 4.63. The van der Waals surface area contributed by atoms with Crippen LogP contribution < -0.4 is 5.32 Å². The monoisotopic (exact) mass is 317 g/mol. The first kappa shape index (κ1) is 14.2. The van der Waals surface area contributed by atoms with Crippen molar-refractivity contribution in [3.8, 4) is 0 Å². The summed E-state index contributed by atoms with van der Waals surface area (Å²) in [4.78, 5) is 11.9. The Bertz CT molecular complexity index is 730. The van der Waals surface area contributed by atoms with Crippen LogP contribution in [0.2, 0.25) is 5.02 Å². The van der Waals surface area contributed by atoms with Crippen LogP contribution >= 0.6 is 11.6 Å². The van der Waals surface area contributed by atoms with Gasteiger partial charge in [0, 0.05) is 21.8 Å². The number of benzene rings is 2. The van der Waals surface area contributed by atoms with Crippen molar-refractivity contribution >= 4 is 39.9 Å². The van der Waals surface area contributed by atoms with Crippen LogP contribution in [0.1, 0.15) is 11.1 Å². The lowest BCUT2D eigenvalue weighted by Crippen LogP contribution is -2.07. The van der Waals surface area contributed by atoms with Crippen molar-refractivity contribution in [2.75, 3.05) is 5.32 Å². The van der Waals surface area contributed by atoms with Gasteiger partial charge in [-0.25, -0.2) is 0 Å². The third kappa shape index (κ3) is 3.13. The van der Waals surface area contributed by atoms with E-state index in [2.05, 4.69) is 5.32 Å². The number of amides is 1. The Balaban J connectivity index is 1.83. The van der Waals surface area contributed by atoms with Gasteiger partial charge < -0.3 is 9.87 Å². The van der Waals surface area contributed by atoms with Gasteiger partial charge in [0.05, 0.1) is 5.57 Å². The Hall–Kier alpha value is -1.75. The zero-order valence-electron chi connectivity index (χ0n) is 11.0. The van der Waals surface area contributed by atoms with Crippen LogP contribution in [0.3, 0.4) is 0 Å². The molecule has 106 valence electrons. The summed E-state index contributed by atoms with van der Waals surface area (Å²) in [6.45, 7) is 0. The number of halogens is 1. The second-order valence-corrected chi connectivity index (χ2v) is 6.41. The highest BCUT2D eigenvalue weighted by Gasteiger charge is 2.26. The van der Waals surface area contributed by atoms with Crippen LogP contribution in [0.25, 0.3) is 5.57 Å². The number of hydrogen-bond donors (Lipinski definition) is 1. The molecule has 0 bridgehead atoms. The summed E-state index contributed by atoms with van der Waals surface area (Å²) in [5.74, 6) is 0.120. The SMILES string of the molecule is O=C1Nc2ccccc2C1=C[S+]([O-])Cc1cccc(Cl)c1. The van der Waals surface area contributed by atoms with Gasteiger partial charge in [0.15, 0.2) is 0 Å². The van der Waals surface area contributed by atoms with Crippen molar-refractivity contribution in [1.29, 1.82) is 0 Å². The number of carbonyl (C=O) groups excluding carboxylic acids is 1. The molecule has 21 heavy (non-hydrogen) atoms. The fourth-order valence-corrected chi connectivity index (χ4v) is 3.52. The molecule has 0 fully saturated rings. The third-order valence-corrected chi connectivity index (χ3v) is 4.51. The summed E-state index contributed by atoms with van der Waals surface area (Å²) < 4.78 is 12.2. The van der Waals surface area contributed by atoms with Gasteiger partial charge >= 0.3 is 0 Å². The number of anilines is 1. The van der Waals surface area contributed by atoms with Gasteiger partial charge in [-0.15, -0.1) is 0 Å². The molecule has 1 atom stereocenters. The second-order valence-electron chi connectivity index (χ2n) is 4.69. The fourth-order valence-electron chi connectivity index (χ4n) is 2.22. The summed E-state index contributed by atoms with van der Waals surface area (Å²) in [6, 6.07) is 14.6. The van der Waals surface area contributed by atoms with Gasteiger partial charge in [-0.1, -0.05) is 41.9 Å². The Labute approximate surface area is 130 Å². The van der Waals surface area contributed by atoms with E-state index in [1.165, 1.54) is 5.41 Å². The van der Waals surface area contributed by atoms with Gasteiger partial charge in [-0.2, -0.15) is 0 Å². The lowest BCUT2D eigenvalue weighted by molar-refractivity contribution is -0.110. The number of carbonyl (C=O) groups is 1. The van der Waals surface area contributed by atoms with E-state index >= 15 is 0 Å². The minimum Gasteiger partial charge on any atom is -0.612 e. The molecule has 0 aromatic heterocycles. The third-order valence-electron chi connectivity index (χ3n) is 3.16. The second kappa shape index (κ2) is 5.93. The molecular weight excluding hydrogens is 306 g/mol. The van der Waals surface area contributed by atoms with Gasteiger partial charge in [-0.3, -0.25) is 4.79 Å². The molecule has 1 heterocycles. The standard InChI is InChI=1S/C16H12ClNO2S/c17-12-5-3-4-11(8-12)9-21(20)10-14-13-6-1-2-7-15(13)18-16(14)19/h1-8,10H,9H2,(H,18,19). The summed E-state index contributed by atoms with van der Waals surface area (Å²) in [6.07, 6.45) is 0. The Morgan fingerprint density at radius 3 is 2.81 bits per heavy atom. The van der Waals surface area contributed by atoms with E-state index in [1.54, 1.807) is 12.1 Å². The molecule has 2 aromatic rings. The average molecular weight is 318 g/mol. The van der Waals surface area contributed by atoms with E-state index in [0.717, 1.165) is 16.8 Å². The maximum Gasteiger partial charge on any atom is 0.260 e. The predicted molar refractivity (Wildman–Crippen MR) is 86.3 cm³/mol. The molecular formula is C16H12ClNO2S. The molecule has 3 rings (SSSR count). The topological polar surface area (TPSA) is 52.2 Å². The van der Waals surface area contributed by atoms with Crippen molar-refractivity contribution in [3.05, 3.63) is 70.1 Å². The number of nitrogens with one attached hydrogen (secondary N) is 1. The molecule has 1 unspecified atom stereocenters. The first-order chi connectivity index (χ1) is 10.1. The van der Waals surface area contributed by atoms with Crippen LogP contribution in [0.4, 0.5) is 5.69 Å². The molecule has 0 radical (unpaired) electrons. The van der Waals surface area contributed by atoms with Crippen molar-refractivity contribution < 1.29 is 9.35 Å². The van der Waals surface area contributed by atoms with Gasteiger partial charge in [0.1, 0.15) is 11.2 Å². The molecule has 0 saturated heterocycles. The van der Waals surface area contributed by atoms with Crippen LogP contribution in [-0.4, -0.2) is 10.5 Å². The van der Waals surface area contributed by atoms with Crippen LogP contribution in [0.5, 0.6) is 0 Å². The lowest BCUT2D eigenvalue weighted by Gasteiger charge is -2.07. The summed E-state index contributed by atoms with van der Waals surface area (Å²) in [5.41, 5.74) is 2.89. The highest BCUT2D eigenvalue weighted by Crippen LogP contribution is 2.32. The molecule has 0 spiro atoms. The predicted octanol–water partition coefficient (Wildman–Crippen LogP) is 3.58. The molecule has 1 aliphatic rings. The molecule has 1 N–H and O–H groups in total. The Kier molecular flexibility index (Phi) is 4.01. The Morgan fingerprint density at radius 1 is 1.19 bits per heavy atom. The lowest BCUT2D eigenvalue weighted by atomic mass is 10.1. The van der Waals surface area contributed by atoms with Crippen LogP contribution in [0, 0.1) is 0 Å². The van der Waals surface area contributed by atoms with E-state index in [0.29, 0.717) is 16.3 Å². The van der Waals surface area contributed by atoms with Crippen molar-refractivity contribution in [3.63, 3.8) is 0 Å². The summed E-state index contributed by atoms with van der Waals surface area (Å²) in [7, 11) is 0. The smallest absolute Gasteiger partial charge is 0.260 e. The summed E-state index contributed by atoms with van der Waals surface area (Å²) in [5, 5.41) is 4.89. The van der Waals surface area contributed by atoms with Crippen LogP contribution in [0.15, 0.2) is 53.9 Å². The number of rotatable bonds is 3. The number of fused-ring (bicyclic) bond motifs is 1. The molecule has 5 heteroatoms. The first-order valence-electron chi connectivity index (χ1n) is 6.38. The minimum absolute atomic E-state index is 0.212. The molecule has 1 aliphatic heterocycles. The van der Waals surface area contributed by atoms with Crippen molar-refractivity contribution in [1.82, 2.24) is 0 Å². The number of para-hydroxylation sites is 1. The average Bonchev–Trinajstić information content (AvgIpc) is 2.75. The van der Waals surface area contributed by atoms with E-state index in [9.17, 15) is 9.35 Å². The van der Waals surface area contributed by atoms with Crippen molar-refractivity contribution in [2.24, 2.45) is 0 Å². The molecule has 1 amide bonds. The molecule has 0 saturated carbocycles. The van der Waals surface area contributed by atoms with E-state index in [4.69, 9.17) is 11.6 Å². The van der Waals surface area contributed by atoms with Gasteiger partial charge in [-0.05, 0) is 29.4 Å². The van der Waals surface area contributed by atoms with Gasteiger partial charge in [0.25, 0.3) is 5.91 Å². The first-order valence-corrected chi connectivity index (χ1v) is 8.14.